The Labute approximate surface area is 114 Å². The van der Waals surface area contributed by atoms with Gasteiger partial charge in [-0.1, -0.05) is 13.8 Å². The first-order valence-corrected chi connectivity index (χ1v) is 7.25. The molecular formula is C14H24N2O3. The number of amides is 2. The van der Waals surface area contributed by atoms with Gasteiger partial charge in [0.25, 0.3) is 0 Å². The molecule has 0 aromatic carbocycles. The summed E-state index contributed by atoms with van der Waals surface area (Å²) < 4.78 is 0. The van der Waals surface area contributed by atoms with Crippen LogP contribution in [-0.2, 0) is 4.79 Å². The van der Waals surface area contributed by atoms with Crippen molar-refractivity contribution in [3.8, 4) is 0 Å². The molecule has 1 aliphatic heterocycles. The highest BCUT2D eigenvalue weighted by molar-refractivity contribution is 5.79. The van der Waals surface area contributed by atoms with Crippen LogP contribution >= 0.6 is 0 Å². The van der Waals surface area contributed by atoms with Gasteiger partial charge in [-0.3, -0.25) is 4.79 Å². The van der Waals surface area contributed by atoms with Crippen LogP contribution in [0.1, 0.15) is 46.0 Å². The van der Waals surface area contributed by atoms with Crippen LogP contribution in [-0.4, -0.2) is 41.1 Å². The van der Waals surface area contributed by atoms with Gasteiger partial charge in [0.15, 0.2) is 0 Å². The van der Waals surface area contributed by atoms with Crippen molar-refractivity contribution in [2.75, 3.05) is 13.1 Å². The molecule has 0 aromatic heterocycles. The Hall–Kier alpha value is -1.26. The standard InChI is InChI=1S/C14H24N2O3/c1-3-14(12(17)18)5-4-6-16(9-14)13(19)15-11-7-10(2)8-11/h10-11H,3-9H2,1-2H3,(H,15,19)(H,17,18). The zero-order valence-electron chi connectivity index (χ0n) is 11.8. The van der Waals surface area contributed by atoms with Gasteiger partial charge in [0, 0.05) is 19.1 Å². The van der Waals surface area contributed by atoms with E-state index in [0.29, 0.717) is 31.8 Å². The molecule has 1 heterocycles. The Morgan fingerprint density at radius 3 is 2.63 bits per heavy atom. The predicted octanol–water partition coefficient (Wildman–Crippen LogP) is 2.07. The highest BCUT2D eigenvalue weighted by atomic mass is 16.4. The van der Waals surface area contributed by atoms with Gasteiger partial charge in [-0.2, -0.15) is 0 Å². The van der Waals surface area contributed by atoms with E-state index in [4.69, 9.17) is 0 Å². The fraction of sp³-hybridized carbons (Fsp3) is 0.857. The molecule has 2 fully saturated rings. The van der Waals surface area contributed by atoms with Crippen LogP contribution in [0.4, 0.5) is 4.79 Å². The normalized spacial score (nSPS) is 34.5. The summed E-state index contributed by atoms with van der Waals surface area (Å²) in [5.74, 6) is -0.0785. The summed E-state index contributed by atoms with van der Waals surface area (Å²) >= 11 is 0. The lowest BCUT2D eigenvalue weighted by Crippen LogP contribution is -2.55. The molecular weight excluding hydrogens is 244 g/mol. The van der Waals surface area contributed by atoms with E-state index >= 15 is 0 Å². The van der Waals surface area contributed by atoms with Crippen molar-refractivity contribution in [1.29, 1.82) is 0 Å². The van der Waals surface area contributed by atoms with Gasteiger partial charge in [0.2, 0.25) is 0 Å². The molecule has 1 atom stereocenters. The molecule has 1 saturated carbocycles. The van der Waals surface area contributed by atoms with E-state index in [9.17, 15) is 14.7 Å². The summed E-state index contributed by atoms with van der Waals surface area (Å²) in [6.45, 7) is 5.08. The molecule has 0 radical (unpaired) electrons. The molecule has 2 aliphatic rings. The molecule has 0 spiro atoms. The number of likely N-dealkylation sites (tertiary alicyclic amines) is 1. The first kappa shape index (κ1) is 14.2. The molecule has 2 amide bonds. The van der Waals surface area contributed by atoms with Crippen LogP contribution in [0.15, 0.2) is 0 Å². The Bertz CT molecular complexity index is 366. The van der Waals surface area contributed by atoms with Crippen molar-refractivity contribution < 1.29 is 14.7 Å². The summed E-state index contributed by atoms with van der Waals surface area (Å²) in [5.41, 5.74) is -0.748. The molecule has 0 aromatic rings. The number of carboxylic acids is 1. The van der Waals surface area contributed by atoms with Gasteiger partial charge in [-0.25, -0.2) is 4.79 Å². The molecule has 1 unspecified atom stereocenters. The zero-order chi connectivity index (χ0) is 14.0. The van der Waals surface area contributed by atoms with Gasteiger partial charge in [-0.15, -0.1) is 0 Å². The number of nitrogens with zero attached hydrogens (tertiary/aromatic N) is 1. The molecule has 5 heteroatoms. The predicted molar refractivity (Wildman–Crippen MR) is 71.9 cm³/mol. The molecule has 19 heavy (non-hydrogen) atoms. The second kappa shape index (κ2) is 5.39. The van der Waals surface area contributed by atoms with Crippen molar-refractivity contribution in [2.45, 2.75) is 52.0 Å². The van der Waals surface area contributed by atoms with Crippen molar-refractivity contribution in [2.24, 2.45) is 11.3 Å². The zero-order valence-corrected chi connectivity index (χ0v) is 11.8. The smallest absolute Gasteiger partial charge is 0.317 e. The van der Waals surface area contributed by atoms with Crippen molar-refractivity contribution in [3.05, 3.63) is 0 Å². The van der Waals surface area contributed by atoms with Crippen LogP contribution in [0.3, 0.4) is 0 Å². The SMILES string of the molecule is CCC1(C(=O)O)CCCN(C(=O)NC2CC(C)C2)C1. The van der Waals surface area contributed by atoms with Gasteiger partial charge < -0.3 is 15.3 Å². The van der Waals surface area contributed by atoms with Gasteiger partial charge >= 0.3 is 12.0 Å². The monoisotopic (exact) mass is 268 g/mol. The summed E-state index contributed by atoms with van der Waals surface area (Å²) in [7, 11) is 0. The molecule has 5 nitrogen and oxygen atoms in total. The van der Waals surface area contributed by atoms with Crippen LogP contribution in [0, 0.1) is 11.3 Å². The van der Waals surface area contributed by atoms with E-state index in [1.807, 2.05) is 6.92 Å². The van der Waals surface area contributed by atoms with E-state index in [1.165, 1.54) is 0 Å². The molecule has 1 aliphatic carbocycles. The highest BCUT2D eigenvalue weighted by Crippen LogP contribution is 2.34. The molecule has 2 N–H and O–H groups in total. The van der Waals surface area contributed by atoms with Crippen molar-refractivity contribution >= 4 is 12.0 Å². The minimum Gasteiger partial charge on any atom is -0.481 e. The number of rotatable bonds is 3. The summed E-state index contributed by atoms with van der Waals surface area (Å²) in [4.78, 5) is 25.3. The third-order valence-corrected chi connectivity index (χ3v) is 4.70. The van der Waals surface area contributed by atoms with E-state index in [2.05, 4.69) is 12.2 Å². The maximum Gasteiger partial charge on any atom is 0.317 e. The van der Waals surface area contributed by atoms with Crippen LogP contribution in [0.5, 0.6) is 0 Å². The largest absolute Gasteiger partial charge is 0.481 e. The molecule has 0 bridgehead atoms. The number of nitrogens with one attached hydrogen (secondary N) is 1. The second-order valence-corrected chi connectivity index (χ2v) is 6.19. The Kier molecular flexibility index (Phi) is 4.02. The third kappa shape index (κ3) is 2.85. The quantitative estimate of drug-likeness (QED) is 0.823. The number of hydrogen-bond acceptors (Lipinski definition) is 2. The highest BCUT2D eigenvalue weighted by Gasteiger charge is 2.42. The lowest BCUT2D eigenvalue weighted by atomic mass is 9.77. The third-order valence-electron chi connectivity index (χ3n) is 4.70. The Morgan fingerprint density at radius 1 is 1.42 bits per heavy atom. The summed E-state index contributed by atoms with van der Waals surface area (Å²) in [6, 6.07) is 0.195. The van der Waals surface area contributed by atoms with Crippen molar-refractivity contribution in [1.82, 2.24) is 10.2 Å². The maximum absolute atomic E-state index is 12.2. The number of hydrogen-bond donors (Lipinski definition) is 2. The lowest BCUT2D eigenvalue weighted by molar-refractivity contribution is -0.152. The van der Waals surface area contributed by atoms with Crippen LogP contribution < -0.4 is 5.32 Å². The summed E-state index contributed by atoms with van der Waals surface area (Å²) in [6.07, 6.45) is 4.10. The molecule has 1 saturated heterocycles. The first-order chi connectivity index (χ1) is 8.97. The minimum absolute atomic E-state index is 0.0873. The minimum atomic E-state index is -0.773. The number of carbonyl (C=O) groups is 2. The van der Waals surface area contributed by atoms with Gasteiger partial charge in [0.1, 0.15) is 0 Å². The average molecular weight is 268 g/mol. The summed E-state index contributed by atoms with van der Waals surface area (Å²) in [5, 5.41) is 12.4. The maximum atomic E-state index is 12.2. The topological polar surface area (TPSA) is 69.6 Å². The van der Waals surface area contributed by atoms with E-state index < -0.39 is 11.4 Å². The molecule has 108 valence electrons. The number of piperidine rings is 1. The van der Waals surface area contributed by atoms with E-state index in [0.717, 1.165) is 19.3 Å². The van der Waals surface area contributed by atoms with Gasteiger partial charge in [0.05, 0.1) is 5.41 Å². The number of carboxylic acid groups (broad SMARTS) is 1. The Balaban J connectivity index is 1.93. The fourth-order valence-electron chi connectivity index (χ4n) is 3.21. The van der Waals surface area contributed by atoms with Crippen LogP contribution in [0.2, 0.25) is 0 Å². The van der Waals surface area contributed by atoms with E-state index in [-0.39, 0.29) is 12.1 Å². The van der Waals surface area contributed by atoms with Crippen molar-refractivity contribution in [3.63, 3.8) is 0 Å². The Morgan fingerprint density at radius 2 is 2.11 bits per heavy atom. The average Bonchev–Trinajstić information content (AvgIpc) is 2.36. The number of carbonyl (C=O) groups excluding carboxylic acids is 1. The lowest BCUT2D eigenvalue weighted by Gasteiger charge is -2.41. The first-order valence-electron chi connectivity index (χ1n) is 7.25. The fourth-order valence-corrected chi connectivity index (χ4v) is 3.21. The molecule has 2 rings (SSSR count). The number of urea groups is 1. The van der Waals surface area contributed by atoms with E-state index in [1.54, 1.807) is 4.90 Å². The van der Waals surface area contributed by atoms with Gasteiger partial charge in [-0.05, 0) is 38.0 Å². The van der Waals surface area contributed by atoms with Crippen LogP contribution in [0.25, 0.3) is 0 Å². The number of aliphatic carboxylic acids is 1. The second-order valence-electron chi connectivity index (χ2n) is 6.19.